The Morgan fingerprint density at radius 2 is 1.82 bits per heavy atom. The first-order valence-electron chi connectivity index (χ1n) is 7.79. The van der Waals surface area contributed by atoms with Crippen LogP contribution in [0.15, 0.2) is 23.1 Å². The summed E-state index contributed by atoms with van der Waals surface area (Å²) in [6.07, 6.45) is 3.98. The van der Waals surface area contributed by atoms with Gasteiger partial charge in [0.2, 0.25) is 10.0 Å². The molecule has 0 amide bonds. The summed E-state index contributed by atoms with van der Waals surface area (Å²) in [5.74, 6) is 0.831. The average molecular weight is 324 g/mol. The minimum absolute atomic E-state index is 0.0101. The first-order chi connectivity index (χ1) is 10.6. The summed E-state index contributed by atoms with van der Waals surface area (Å²) in [6, 6.07) is 5.87. The van der Waals surface area contributed by atoms with Gasteiger partial charge in [-0.15, -0.1) is 0 Å². The minimum Gasteiger partial charge on any atom is -0.486 e. The molecule has 6 nitrogen and oxygen atoms in total. The number of hydrogen-bond acceptors (Lipinski definition) is 5. The van der Waals surface area contributed by atoms with Crippen molar-refractivity contribution in [2.75, 3.05) is 13.2 Å². The number of nitrogens with one attached hydrogen (secondary N) is 2. The van der Waals surface area contributed by atoms with Gasteiger partial charge in [-0.05, 0) is 37.8 Å². The Morgan fingerprint density at radius 1 is 1.09 bits per heavy atom. The van der Waals surface area contributed by atoms with Gasteiger partial charge in [-0.2, -0.15) is 0 Å². The van der Waals surface area contributed by atoms with E-state index in [2.05, 4.69) is 10.0 Å². The van der Waals surface area contributed by atoms with Gasteiger partial charge in [-0.3, -0.25) is 0 Å². The largest absolute Gasteiger partial charge is 0.486 e. The van der Waals surface area contributed by atoms with E-state index in [0.29, 0.717) is 36.8 Å². The Balaban J connectivity index is 1.59. The molecule has 4 rings (SSSR count). The highest BCUT2D eigenvalue weighted by Crippen LogP contribution is 2.37. The van der Waals surface area contributed by atoms with Crippen molar-refractivity contribution >= 4 is 10.0 Å². The van der Waals surface area contributed by atoms with E-state index < -0.39 is 10.0 Å². The number of ether oxygens (including phenoxy) is 2. The summed E-state index contributed by atoms with van der Waals surface area (Å²) in [7, 11) is -3.60. The lowest BCUT2D eigenvalue weighted by atomic mass is 10.0. The molecule has 2 N–H and O–H groups in total. The van der Waals surface area contributed by atoms with Crippen LogP contribution in [0, 0.1) is 0 Å². The van der Waals surface area contributed by atoms with Crippen molar-refractivity contribution in [2.45, 2.75) is 48.7 Å². The number of para-hydroxylation sites is 1. The summed E-state index contributed by atoms with van der Waals surface area (Å²) >= 11 is 0. The molecule has 2 atom stereocenters. The number of benzene rings is 1. The number of fused-ring (bicyclic) bond motifs is 3. The molecule has 2 unspecified atom stereocenters. The molecule has 0 spiro atoms. The monoisotopic (exact) mass is 324 g/mol. The fourth-order valence-corrected chi connectivity index (χ4v) is 5.11. The van der Waals surface area contributed by atoms with Gasteiger partial charge in [0.05, 0.1) is 0 Å². The number of rotatable bonds is 3. The van der Waals surface area contributed by atoms with Crippen LogP contribution in [0.3, 0.4) is 0 Å². The maximum Gasteiger partial charge on any atom is 0.244 e. The van der Waals surface area contributed by atoms with E-state index >= 15 is 0 Å². The van der Waals surface area contributed by atoms with Gasteiger partial charge in [0.1, 0.15) is 18.1 Å². The zero-order valence-electron chi connectivity index (χ0n) is 12.2. The number of piperidine rings is 1. The van der Waals surface area contributed by atoms with Gasteiger partial charge in [0.15, 0.2) is 11.5 Å². The molecule has 1 aromatic carbocycles. The molecule has 2 bridgehead atoms. The molecule has 3 aliphatic heterocycles. The third-order valence-corrected chi connectivity index (χ3v) is 6.16. The third-order valence-electron chi connectivity index (χ3n) is 4.61. The zero-order valence-corrected chi connectivity index (χ0v) is 13.1. The molecule has 1 aromatic rings. The summed E-state index contributed by atoms with van der Waals surface area (Å²) in [4.78, 5) is 0.176. The number of sulfonamides is 1. The predicted molar refractivity (Wildman–Crippen MR) is 80.7 cm³/mol. The molecular formula is C15H20N2O4S. The van der Waals surface area contributed by atoms with Crippen molar-refractivity contribution in [3.8, 4) is 11.5 Å². The lowest BCUT2D eigenvalue weighted by Crippen LogP contribution is -2.48. The van der Waals surface area contributed by atoms with Gasteiger partial charge in [-0.1, -0.05) is 6.07 Å². The van der Waals surface area contributed by atoms with Crippen LogP contribution < -0.4 is 19.5 Å². The van der Waals surface area contributed by atoms with Crippen molar-refractivity contribution in [3.63, 3.8) is 0 Å². The van der Waals surface area contributed by atoms with Crippen molar-refractivity contribution in [1.29, 1.82) is 0 Å². The minimum atomic E-state index is -3.60. The molecule has 0 aliphatic carbocycles. The van der Waals surface area contributed by atoms with Crippen molar-refractivity contribution in [3.05, 3.63) is 18.2 Å². The molecule has 3 heterocycles. The molecule has 2 fully saturated rings. The smallest absolute Gasteiger partial charge is 0.244 e. The van der Waals surface area contributed by atoms with Gasteiger partial charge >= 0.3 is 0 Å². The standard InChI is InChI=1S/C15H20N2O4S/c18-22(19,17-12-8-10-4-5-11(9-12)16-10)14-3-1-2-13-15(14)21-7-6-20-13/h1-3,10-12,16-17H,4-9H2. The number of hydrogen-bond donors (Lipinski definition) is 2. The van der Waals surface area contributed by atoms with E-state index in [0.717, 1.165) is 25.7 Å². The van der Waals surface area contributed by atoms with E-state index in [9.17, 15) is 8.42 Å². The van der Waals surface area contributed by atoms with Crippen LogP contribution in [0.5, 0.6) is 11.5 Å². The van der Waals surface area contributed by atoms with E-state index in [1.807, 2.05) is 0 Å². The second kappa shape index (κ2) is 5.40. The van der Waals surface area contributed by atoms with E-state index in [1.54, 1.807) is 18.2 Å². The molecule has 0 saturated carbocycles. The average Bonchev–Trinajstić information content (AvgIpc) is 2.85. The Labute approximate surface area is 130 Å². The van der Waals surface area contributed by atoms with Crippen molar-refractivity contribution < 1.29 is 17.9 Å². The van der Waals surface area contributed by atoms with Crippen molar-refractivity contribution in [1.82, 2.24) is 10.0 Å². The Morgan fingerprint density at radius 3 is 2.59 bits per heavy atom. The lowest BCUT2D eigenvalue weighted by molar-refractivity contribution is 0.167. The highest BCUT2D eigenvalue weighted by Gasteiger charge is 2.36. The zero-order chi connectivity index (χ0) is 15.2. The lowest BCUT2D eigenvalue weighted by Gasteiger charge is -2.30. The SMILES string of the molecule is O=S(=O)(NC1CC2CCC(C1)N2)c1cccc2c1OCCO2. The fraction of sp³-hybridized carbons (Fsp3) is 0.600. The van der Waals surface area contributed by atoms with Gasteiger partial charge < -0.3 is 14.8 Å². The normalized spacial score (nSPS) is 30.3. The van der Waals surface area contributed by atoms with E-state index in [-0.39, 0.29) is 10.9 Å². The summed E-state index contributed by atoms with van der Waals surface area (Å²) < 4.78 is 39.3. The van der Waals surface area contributed by atoms with Crippen LogP contribution in [0.25, 0.3) is 0 Å². The topological polar surface area (TPSA) is 76.7 Å². The van der Waals surface area contributed by atoms with Gasteiger partial charge in [0, 0.05) is 18.1 Å². The van der Waals surface area contributed by atoms with Crippen LogP contribution in [-0.2, 0) is 10.0 Å². The quantitative estimate of drug-likeness (QED) is 0.868. The molecule has 22 heavy (non-hydrogen) atoms. The van der Waals surface area contributed by atoms with Crippen LogP contribution >= 0.6 is 0 Å². The Kier molecular flexibility index (Phi) is 3.51. The first kappa shape index (κ1) is 14.3. The first-order valence-corrected chi connectivity index (χ1v) is 9.27. The van der Waals surface area contributed by atoms with Crippen LogP contribution in [0.1, 0.15) is 25.7 Å². The maximum atomic E-state index is 12.7. The van der Waals surface area contributed by atoms with Crippen LogP contribution in [0.2, 0.25) is 0 Å². The highest BCUT2D eigenvalue weighted by molar-refractivity contribution is 7.89. The van der Waals surface area contributed by atoms with E-state index in [1.165, 1.54) is 0 Å². The van der Waals surface area contributed by atoms with Gasteiger partial charge in [-0.25, -0.2) is 13.1 Å². The summed E-state index contributed by atoms with van der Waals surface area (Å²) in [5, 5.41) is 3.52. The Hall–Kier alpha value is -1.31. The molecule has 3 aliphatic rings. The Bertz CT molecular complexity index is 664. The molecule has 120 valence electrons. The summed E-state index contributed by atoms with van der Waals surface area (Å²) in [6.45, 7) is 0.818. The molecule has 7 heteroatoms. The van der Waals surface area contributed by atoms with Gasteiger partial charge in [0.25, 0.3) is 0 Å². The van der Waals surface area contributed by atoms with Crippen molar-refractivity contribution in [2.24, 2.45) is 0 Å². The highest BCUT2D eigenvalue weighted by atomic mass is 32.2. The molecule has 2 saturated heterocycles. The predicted octanol–water partition coefficient (Wildman–Crippen LogP) is 1.02. The van der Waals surface area contributed by atoms with Crippen LogP contribution in [0.4, 0.5) is 0 Å². The summed E-state index contributed by atoms with van der Waals surface area (Å²) in [5.41, 5.74) is 0. The molecule has 0 radical (unpaired) electrons. The molecule has 0 aromatic heterocycles. The fourth-order valence-electron chi connectivity index (χ4n) is 3.69. The molecular weight excluding hydrogens is 304 g/mol. The second-order valence-electron chi connectivity index (χ2n) is 6.21. The third kappa shape index (κ3) is 2.57. The van der Waals surface area contributed by atoms with Crippen LogP contribution in [-0.4, -0.2) is 39.8 Å². The second-order valence-corrected chi connectivity index (χ2v) is 7.89. The van der Waals surface area contributed by atoms with E-state index in [4.69, 9.17) is 9.47 Å². The maximum absolute atomic E-state index is 12.7.